The molecular weight excluding hydrogens is 226 g/mol. The first kappa shape index (κ1) is 8.86. The van der Waals surface area contributed by atoms with E-state index in [1.54, 1.807) is 0 Å². The van der Waals surface area contributed by atoms with E-state index in [1.807, 2.05) is 0 Å². The second kappa shape index (κ2) is 3.02. The van der Waals surface area contributed by atoms with Crippen LogP contribution in [0.25, 0.3) is 0 Å². The van der Waals surface area contributed by atoms with Crippen molar-refractivity contribution < 1.29 is 15.0 Å². The van der Waals surface area contributed by atoms with E-state index in [9.17, 15) is 4.79 Å². The summed E-state index contributed by atoms with van der Waals surface area (Å²) in [5.41, 5.74) is 5.15. The third-order valence-corrected chi connectivity index (χ3v) is 1.79. The summed E-state index contributed by atoms with van der Waals surface area (Å²) >= 11 is 3.06. The number of hydrogen-bond donors (Lipinski definition) is 3. The van der Waals surface area contributed by atoms with Gasteiger partial charge >= 0.3 is 5.97 Å². The first-order chi connectivity index (χ1) is 5.52. The highest BCUT2D eigenvalue weighted by Gasteiger charge is 2.12. The summed E-state index contributed by atoms with van der Waals surface area (Å²) in [6.45, 7) is 0. The number of carboxylic acids is 1. The molecule has 0 aliphatic heterocycles. The SMILES string of the molecule is Nc1cc(Br)cc(C(=O)O)c1O. The Balaban J connectivity index is 3.37. The summed E-state index contributed by atoms with van der Waals surface area (Å²) < 4.78 is 0.523. The van der Waals surface area contributed by atoms with E-state index in [0.717, 1.165) is 0 Å². The number of carbonyl (C=O) groups is 1. The van der Waals surface area contributed by atoms with E-state index in [-0.39, 0.29) is 11.3 Å². The van der Waals surface area contributed by atoms with Gasteiger partial charge in [0.15, 0.2) is 5.75 Å². The Bertz CT molecular complexity index is 338. The predicted octanol–water partition coefficient (Wildman–Crippen LogP) is 1.44. The van der Waals surface area contributed by atoms with Crippen molar-refractivity contribution in [1.29, 1.82) is 0 Å². The van der Waals surface area contributed by atoms with Gasteiger partial charge in [-0.2, -0.15) is 0 Å². The number of halogens is 1. The lowest BCUT2D eigenvalue weighted by Gasteiger charge is -2.03. The highest BCUT2D eigenvalue weighted by atomic mass is 79.9. The number of hydrogen-bond acceptors (Lipinski definition) is 3. The smallest absolute Gasteiger partial charge is 0.339 e. The number of anilines is 1. The number of nitrogen functional groups attached to an aromatic ring is 1. The number of nitrogens with two attached hydrogens (primary N) is 1. The molecule has 1 aromatic carbocycles. The van der Waals surface area contributed by atoms with Crippen LogP contribution in [-0.2, 0) is 0 Å². The first-order valence-electron chi connectivity index (χ1n) is 3.03. The quantitative estimate of drug-likeness (QED) is 0.505. The molecule has 0 saturated heterocycles. The molecule has 0 unspecified atom stereocenters. The molecule has 64 valence electrons. The lowest BCUT2D eigenvalue weighted by Crippen LogP contribution is -1.99. The van der Waals surface area contributed by atoms with Gasteiger partial charge in [-0.1, -0.05) is 15.9 Å². The molecule has 0 radical (unpaired) electrons. The molecule has 0 aliphatic rings. The zero-order valence-electron chi connectivity index (χ0n) is 5.91. The first-order valence-corrected chi connectivity index (χ1v) is 3.83. The number of rotatable bonds is 1. The van der Waals surface area contributed by atoms with Crippen molar-refractivity contribution in [2.75, 3.05) is 5.73 Å². The molecule has 12 heavy (non-hydrogen) atoms. The molecule has 0 saturated carbocycles. The van der Waals surface area contributed by atoms with E-state index in [4.69, 9.17) is 15.9 Å². The van der Waals surface area contributed by atoms with Crippen LogP contribution in [0.5, 0.6) is 5.75 Å². The van der Waals surface area contributed by atoms with Crippen LogP contribution >= 0.6 is 15.9 Å². The Morgan fingerprint density at radius 3 is 2.58 bits per heavy atom. The Hall–Kier alpha value is -1.23. The molecule has 0 spiro atoms. The van der Waals surface area contributed by atoms with Gasteiger partial charge in [0, 0.05) is 4.47 Å². The molecule has 1 aromatic rings. The van der Waals surface area contributed by atoms with Gasteiger partial charge in [0.05, 0.1) is 5.69 Å². The number of carboxylic acid groups (broad SMARTS) is 1. The van der Waals surface area contributed by atoms with Crippen molar-refractivity contribution in [1.82, 2.24) is 0 Å². The second-order valence-corrected chi connectivity index (χ2v) is 3.11. The van der Waals surface area contributed by atoms with Crippen LogP contribution in [0.2, 0.25) is 0 Å². The summed E-state index contributed by atoms with van der Waals surface area (Å²) in [6.07, 6.45) is 0. The van der Waals surface area contributed by atoms with Crippen LogP contribution in [0.15, 0.2) is 16.6 Å². The third kappa shape index (κ3) is 1.50. The fraction of sp³-hybridized carbons (Fsp3) is 0. The number of phenols is 1. The van der Waals surface area contributed by atoms with Gasteiger partial charge in [0.2, 0.25) is 0 Å². The molecule has 0 bridgehead atoms. The monoisotopic (exact) mass is 231 g/mol. The molecule has 0 fully saturated rings. The molecule has 0 aliphatic carbocycles. The summed E-state index contributed by atoms with van der Waals surface area (Å²) in [6, 6.07) is 2.72. The topological polar surface area (TPSA) is 83.6 Å². The van der Waals surface area contributed by atoms with Crippen LogP contribution in [-0.4, -0.2) is 16.2 Å². The molecule has 0 atom stereocenters. The summed E-state index contributed by atoms with van der Waals surface area (Å²) in [5, 5.41) is 17.7. The Labute approximate surface area is 76.8 Å². The Kier molecular flexibility index (Phi) is 2.23. The Morgan fingerprint density at radius 1 is 1.50 bits per heavy atom. The van der Waals surface area contributed by atoms with E-state index in [2.05, 4.69) is 15.9 Å². The molecular formula is C7H6BrNO3. The average Bonchev–Trinajstić information content (AvgIpc) is 1.96. The molecule has 1 rings (SSSR count). The lowest BCUT2D eigenvalue weighted by molar-refractivity contribution is 0.0694. The molecule has 0 heterocycles. The molecule has 5 heteroatoms. The lowest BCUT2D eigenvalue weighted by atomic mass is 10.2. The second-order valence-electron chi connectivity index (χ2n) is 2.20. The minimum atomic E-state index is -1.21. The zero-order valence-corrected chi connectivity index (χ0v) is 7.50. The van der Waals surface area contributed by atoms with Crippen LogP contribution in [0.3, 0.4) is 0 Å². The summed E-state index contributed by atoms with van der Waals surface area (Å²) in [5.74, 6) is -1.61. The highest BCUT2D eigenvalue weighted by Crippen LogP contribution is 2.28. The van der Waals surface area contributed by atoms with Crippen molar-refractivity contribution in [2.45, 2.75) is 0 Å². The van der Waals surface area contributed by atoms with E-state index in [0.29, 0.717) is 4.47 Å². The van der Waals surface area contributed by atoms with Crippen molar-refractivity contribution in [3.8, 4) is 5.75 Å². The number of aromatic hydroxyl groups is 1. The van der Waals surface area contributed by atoms with Gasteiger partial charge in [0.25, 0.3) is 0 Å². The summed E-state index contributed by atoms with van der Waals surface area (Å²) in [4.78, 5) is 10.5. The maximum Gasteiger partial charge on any atom is 0.339 e. The van der Waals surface area contributed by atoms with Gasteiger partial charge in [0.1, 0.15) is 5.56 Å². The van der Waals surface area contributed by atoms with Gasteiger partial charge < -0.3 is 15.9 Å². The standard InChI is InChI=1S/C7H6BrNO3/c8-3-1-4(7(11)12)6(10)5(9)2-3/h1-2,10H,9H2,(H,11,12). The summed E-state index contributed by atoms with van der Waals surface area (Å²) in [7, 11) is 0. The fourth-order valence-corrected chi connectivity index (χ4v) is 1.26. The van der Waals surface area contributed by atoms with Crippen molar-refractivity contribution >= 4 is 27.6 Å². The van der Waals surface area contributed by atoms with Crippen molar-refractivity contribution in [2.24, 2.45) is 0 Å². The molecule has 4 N–H and O–H groups in total. The fourth-order valence-electron chi connectivity index (χ4n) is 0.783. The minimum absolute atomic E-state index is 0.0433. The van der Waals surface area contributed by atoms with Gasteiger partial charge in [-0.25, -0.2) is 4.79 Å². The van der Waals surface area contributed by atoms with Gasteiger partial charge in [-0.15, -0.1) is 0 Å². The largest absolute Gasteiger partial charge is 0.505 e. The zero-order chi connectivity index (χ0) is 9.30. The van der Waals surface area contributed by atoms with Crippen LogP contribution in [0.4, 0.5) is 5.69 Å². The van der Waals surface area contributed by atoms with Gasteiger partial charge in [-0.3, -0.25) is 0 Å². The third-order valence-electron chi connectivity index (χ3n) is 1.33. The van der Waals surface area contributed by atoms with Gasteiger partial charge in [-0.05, 0) is 12.1 Å². The minimum Gasteiger partial charge on any atom is -0.505 e. The maximum absolute atomic E-state index is 10.5. The highest BCUT2D eigenvalue weighted by molar-refractivity contribution is 9.10. The number of aromatic carboxylic acids is 1. The average molecular weight is 232 g/mol. The van der Waals surface area contributed by atoms with Crippen molar-refractivity contribution in [3.63, 3.8) is 0 Å². The predicted molar refractivity (Wildman–Crippen MR) is 47.2 cm³/mol. The van der Waals surface area contributed by atoms with Crippen LogP contribution in [0.1, 0.15) is 10.4 Å². The van der Waals surface area contributed by atoms with Crippen LogP contribution < -0.4 is 5.73 Å². The molecule has 0 amide bonds. The van der Waals surface area contributed by atoms with E-state index in [1.165, 1.54) is 12.1 Å². The van der Waals surface area contributed by atoms with Crippen LogP contribution in [0, 0.1) is 0 Å². The Morgan fingerprint density at radius 2 is 2.08 bits per heavy atom. The van der Waals surface area contributed by atoms with Crippen molar-refractivity contribution in [3.05, 3.63) is 22.2 Å². The normalized spacial score (nSPS) is 9.75. The number of benzene rings is 1. The van der Waals surface area contributed by atoms with E-state index >= 15 is 0 Å². The van der Waals surface area contributed by atoms with E-state index < -0.39 is 11.7 Å². The maximum atomic E-state index is 10.5. The molecule has 0 aromatic heterocycles. The molecule has 4 nitrogen and oxygen atoms in total.